The first-order chi connectivity index (χ1) is 13.0. The third-order valence-corrected chi connectivity index (χ3v) is 4.56. The van der Waals surface area contributed by atoms with E-state index in [9.17, 15) is 9.59 Å². The molecule has 0 aliphatic heterocycles. The first-order valence-corrected chi connectivity index (χ1v) is 8.82. The molecule has 0 saturated carbocycles. The number of aromatic amines is 1. The molecule has 7 heteroatoms. The molecule has 3 N–H and O–H groups in total. The minimum absolute atomic E-state index is 0.164. The van der Waals surface area contributed by atoms with Crippen LogP contribution in [0.1, 0.15) is 44.9 Å². The van der Waals surface area contributed by atoms with Gasteiger partial charge in [0.1, 0.15) is 5.69 Å². The van der Waals surface area contributed by atoms with E-state index in [0.717, 1.165) is 5.56 Å². The van der Waals surface area contributed by atoms with Crippen molar-refractivity contribution in [2.75, 3.05) is 5.32 Å². The van der Waals surface area contributed by atoms with Crippen molar-refractivity contribution in [3.8, 4) is 0 Å². The molecule has 27 heavy (non-hydrogen) atoms. The zero-order valence-corrected chi connectivity index (χ0v) is 15.7. The predicted octanol–water partition coefficient (Wildman–Crippen LogP) is 4.11. The number of rotatable bonds is 5. The Hall–Kier alpha value is -3.12. The van der Waals surface area contributed by atoms with Crippen molar-refractivity contribution in [2.45, 2.75) is 19.9 Å². The van der Waals surface area contributed by atoms with E-state index < -0.39 is 0 Å². The van der Waals surface area contributed by atoms with E-state index in [2.05, 4.69) is 20.8 Å². The van der Waals surface area contributed by atoms with Gasteiger partial charge in [-0.3, -0.25) is 14.7 Å². The van der Waals surface area contributed by atoms with Gasteiger partial charge in [0.2, 0.25) is 0 Å². The SMILES string of the molecule is Cc1c(NC(=O)c2ccccc2Cl)n[nH]c1C(=O)N[C@@H](C)c1ccccc1. The molecule has 6 nitrogen and oxygen atoms in total. The highest BCUT2D eigenvalue weighted by atomic mass is 35.5. The van der Waals surface area contributed by atoms with Gasteiger partial charge in [0.15, 0.2) is 5.82 Å². The number of anilines is 1. The maximum Gasteiger partial charge on any atom is 0.270 e. The Morgan fingerprint density at radius 1 is 1.04 bits per heavy atom. The maximum absolute atomic E-state index is 12.6. The predicted molar refractivity (Wildman–Crippen MR) is 105 cm³/mol. The zero-order chi connectivity index (χ0) is 19.4. The Labute approximate surface area is 161 Å². The van der Waals surface area contributed by atoms with Crippen LogP contribution in [-0.4, -0.2) is 22.0 Å². The summed E-state index contributed by atoms with van der Waals surface area (Å²) in [6, 6.07) is 16.2. The molecule has 0 saturated heterocycles. The van der Waals surface area contributed by atoms with Gasteiger partial charge in [-0.2, -0.15) is 5.10 Å². The van der Waals surface area contributed by atoms with Crippen LogP contribution in [0.5, 0.6) is 0 Å². The van der Waals surface area contributed by atoms with Crippen LogP contribution in [0.4, 0.5) is 5.82 Å². The fourth-order valence-corrected chi connectivity index (χ4v) is 2.88. The van der Waals surface area contributed by atoms with Crippen molar-refractivity contribution >= 4 is 29.2 Å². The molecule has 1 aromatic heterocycles. The van der Waals surface area contributed by atoms with Crippen LogP contribution in [0.2, 0.25) is 5.02 Å². The van der Waals surface area contributed by atoms with Crippen molar-refractivity contribution in [3.63, 3.8) is 0 Å². The standard InChI is InChI=1S/C20H19ClN4O2/c1-12-17(20(27)22-13(2)14-8-4-3-5-9-14)24-25-18(12)23-19(26)15-10-6-7-11-16(15)21/h3-11,13H,1-2H3,(H,22,27)(H2,23,24,25,26)/t13-/m0/s1. The van der Waals surface area contributed by atoms with Crippen molar-refractivity contribution in [2.24, 2.45) is 0 Å². The van der Waals surface area contributed by atoms with E-state index in [1.165, 1.54) is 0 Å². The van der Waals surface area contributed by atoms with Gasteiger partial charge in [-0.15, -0.1) is 0 Å². The average Bonchev–Trinajstić information content (AvgIpc) is 3.03. The van der Waals surface area contributed by atoms with Gasteiger partial charge < -0.3 is 10.6 Å². The van der Waals surface area contributed by atoms with E-state index in [1.54, 1.807) is 31.2 Å². The summed E-state index contributed by atoms with van der Waals surface area (Å²) in [6.45, 7) is 3.62. The molecule has 0 aliphatic rings. The van der Waals surface area contributed by atoms with E-state index in [4.69, 9.17) is 11.6 Å². The molecular formula is C20H19ClN4O2. The van der Waals surface area contributed by atoms with Crippen LogP contribution in [-0.2, 0) is 0 Å². The number of benzene rings is 2. The van der Waals surface area contributed by atoms with Crippen LogP contribution in [0.15, 0.2) is 54.6 Å². The average molecular weight is 383 g/mol. The first kappa shape index (κ1) is 18.7. The first-order valence-electron chi connectivity index (χ1n) is 8.44. The molecule has 0 bridgehead atoms. The highest BCUT2D eigenvalue weighted by molar-refractivity contribution is 6.34. The molecule has 3 rings (SSSR count). The summed E-state index contributed by atoms with van der Waals surface area (Å²) in [5.74, 6) is -0.396. The fourth-order valence-electron chi connectivity index (χ4n) is 2.65. The minimum atomic E-state index is -0.389. The number of hydrogen-bond donors (Lipinski definition) is 3. The molecule has 2 amide bonds. The van der Waals surface area contributed by atoms with Crippen molar-refractivity contribution in [1.82, 2.24) is 15.5 Å². The highest BCUT2D eigenvalue weighted by Gasteiger charge is 2.20. The normalized spacial score (nSPS) is 11.7. The number of aromatic nitrogens is 2. The highest BCUT2D eigenvalue weighted by Crippen LogP contribution is 2.20. The number of nitrogens with zero attached hydrogens (tertiary/aromatic N) is 1. The summed E-state index contributed by atoms with van der Waals surface area (Å²) in [6.07, 6.45) is 0. The third kappa shape index (κ3) is 4.17. The second-order valence-corrected chi connectivity index (χ2v) is 6.52. The topological polar surface area (TPSA) is 86.9 Å². The molecule has 2 aromatic carbocycles. The van der Waals surface area contributed by atoms with Crippen LogP contribution in [0.3, 0.4) is 0 Å². The molecular weight excluding hydrogens is 364 g/mol. The number of amides is 2. The lowest BCUT2D eigenvalue weighted by molar-refractivity contribution is 0.0933. The summed E-state index contributed by atoms with van der Waals surface area (Å²) < 4.78 is 0. The van der Waals surface area contributed by atoms with Crippen LogP contribution in [0.25, 0.3) is 0 Å². The summed E-state index contributed by atoms with van der Waals surface area (Å²) in [5, 5.41) is 12.7. The molecule has 138 valence electrons. The van der Waals surface area contributed by atoms with E-state index in [1.807, 2.05) is 37.3 Å². The van der Waals surface area contributed by atoms with Crippen LogP contribution in [0, 0.1) is 6.92 Å². The Kier molecular flexibility index (Phi) is 5.57. The summed E-state index contributed by atoms with van der Waals surface area (Å²) in [5.41, 5.74) is 2.18. The molecule has 1 atom stereocenters. The second kappa shape index (κ2) is 8.05. The van der Waals surface area contributed by atoms with E-state index in [0.29, 0.717) is 21.8 Å². The summed E-state index contributed by atoms with van der Waals surface area (Å²) in [7, 11) is 0. The van der Waals surface area contributed by atoms with Gasteiger partial charge >= 0.3 is 0 Å². The molecule has 3 aromatic rings. The van der Waals surface area contributed by atoms with Gasteiger partial charge in [-0.1, -0.05) is 54.1 Å². The van der Waals surface area contributed by atoms with E-state index >= 15 is 0 Å². The third-order valence-electron chi connectivity index (χ3n) is 4.23. The number of carbonyl (C=O) groups excluding carboxylic acids is 2. The van der Waals surface area contributed by atoms with Crippen LogP contribution >= 0.6 is 11.6 Å². The number of hydrogen-bond acceptors (Lipinski definition) is 3. The Morgan fingerprint density at radius 3 is 2.41 bits per heavy atom. The van der Waals surface area contributed by atoms with E-state index in [-0.39, 0.29) is 23.7 Å². The minimum Gasteiger partial charge on any atom is -0.344 e. The Morgan fingerprint density at radius 2 is 1.70 bits per heavy atom. The van der Waals surface area contributed by atoms with Gasteiger partial charge in [0, 0.05) is 5.56 Å². The largest absolute Gasteiger partial charge is 0.344 e. The maximum atomic E-state index is 12.6. The Balaban J connectivity index is 1.72. The summed E-state index contributed by atoms with van der Waals surface area (Å²) in [4.78, 5) is 24.9. The quantitative estimate of drug-likeness (QED) is 0.620. The molecule has 0 aliphatic carbocycles. The lowest BCUT2D eigenvalue weighted by atomic mass is 10.1. The lowest BCUT2D eigenvalue weighted by Gasteiger charge is -2.13. The fraction of sp³-hybridized carbons (Fsp3) is 0.150. The monoisotopic (exact) mass is 382 g/mol. The molecule has 0 fully saturated rings. The van der Waals surface area contributed by atoms with Crippen molar-refractivity contribution < 1.29 is 9.59 Å². The number of H-pyrrole nitrogens is 1. The van der Waals surface area contributed by atoms with Gasteiger partial charge in [0.05, 0.1) is 16.6 Å². The zero-order valence-electron chi connectivity index (χ0n) is 14.9. The van der Waals surface area contributed by atoms with Crippen molar-refractivity contribution in [3.05, 3.63) is 82.0 Å². The second-order valence-electron chi connectivity index (χ2n) is 6.11. The smallest absolute Gasteiger partial charge is 0.270 e. The Bertz CT molecular complexity index is 969. The number of nitrogens with one attached hydrogen (secondary N) is 3. The lowest BCUT2D eigenvalue weighted by Crippen LogP contribution is -2.27. The van der Waals surface area contributed by atoms with Crippen molar-refractivity contribution in [1.29, 1.82) is 0 Å². The molecule has 0 radical (unpaired) electrons. The van der Waals surface area contributed by atoms with Gasteiger partial charge in [0.25, 0.3) is 11.8 Å². The molecule has 1 heterocycles. The number of carbonyl (C=O) groups is 2. The summed E-state index contributed by atoms with van der Waals surface area (Å²) >= 11 is 6.04. The number of halogens is 1. The van der Waals surface area contributed by atoms with Crippen LogP contribution < -0.4 is 10.6 Å². The molecule has 0 unspecified atom stereocenters. The van der Waals surface area contributed by atoms with Gasteiger partial charge in [-0.05, 0) is 31.5 Å². The molecule has 0 spiro atoms. The van der Waals surface area contributed by atoms with Gasteiger partial charge in [-0.25, -0.2) is 0 Å².